The molecule has 142 valence electrons. The first-order chi connectivity index (χ1) is 12.1. The first kappa shape index (κ1) is 20.2. The Morgan fingerprint density at radius 2 is 2.00 bits per heavy atom. The molecule has 1 heterocycles. The number of nitrogens with one attached hydrogen (secondary N) is 1. The van der Waals surface area contributed by atoms with Gasteiger partial charge in [-0.3, -0.25) is 0 Å². The van der Waals surface area contributed by atoms with Gasteiger partial charge in [-0.25, -0.2) is 18.6 Å². The summed E-state index contributed by atoms with van der Waals surface area (Å²) in [6, 6.07) is 1.92. The molecule has 0 bridgehead atoms. The maximum Gasteiger partial charge on any atom is 0.410 e. The zero-order valence-corrected chi connectivity index (χ0v) is 16.0. The van der Waals surface area contributed by atoms with Crippen LogP contribution in [-0.4, -0.2) is 33.1 Å². The van der Waals surface area contributed by atoms with E-state index in [4.69, 9.17) is 16.3 Å². The largest absolute Gasteiger partial charge is 0.444 e. The lowest BCUT2D eigenvalue weighted by molar-refractivity contribution is 0.0229. The van der Waals surface area contributed by atoms with Gasteiger partial charge in [0, 0.05) is 12.1 Å². The van der Waals surface area contributed by atoms with Crippen LogP contribution in [0.3, 0.4) is 0 Å². The molecule has 0 atom stereocenters. The molecular formula is C18H22ClF2N3O2. The van der Waals surface area contributed by atoms with Crippen molar-refractivity contribution in [2.45, 2.75) is 46.3 Å². The molecule has 0 spiro atoms. The van der Waals surface area contributed by atoms with E-state index in [0.717, 1.165) is 18.6 Å². The number of H-pyrrole nitrogens is 1. The Hall–Kier alpha value is -2.15. The number of halogens is 3. The highest BCUT2D eigenvalue weighted by atomic mass is 35.5. The van der Waals surface area contributed by atoms with E-state index in [9.17, 15) is 13.6 Å². The summed E-state index contributed by atoms with van der Waals surface area (Å²) in [6.07, 6.45) is 1.67. The molecule has 2 aromatic rings. The molecule has 0 unspecified atom stereocenters. The second kappa shape index (κ2) is 8.03. The van der Waals surface area contributed by atoms with Crippen LogP contribution < -0.4 is 0 Å². The predicted octanol–water partition coefficient (Wildman–Crippen LogP) is 5.16. The van der Waals surface area contributed by atoms with Crippen LogP contribution in [0, 0.1) is 11.6 Å². The summed E-state index contributed by atoms with van der Waals surface area (Å²) in [5.41, 5.74) is -0.292. The van der Waals surface area contributed by atoms with Crippen molar-refractivity contribution in [1.29, 1.82) is 0 Å². The van der Waals surface area contributed by atoms with Crippen LogP contribution in [0.1, 0.15) is 39.9 Å². The van der Waals surface area contributed by atoms with Gasteiger partial charge in [0.05, 0.1) is 23.5 Å². The molecule has 0 aliphatic heterocycles. The Bertz CT molecular complexity index is 787. The van der Waals surface area contributed by atoms with E-state index in [1.807, 2.05) is 6.92 Å². The molecule has 8 heteroatoms. The van der Waals surface area contributed by atoms with Gasteiger partial charge in [-0.05, 0) is 39.3 Å². The molecule has 1 amide bonds. The Morgan fingerprint density at radius 3 is 2.62 bits per heavy atom. The Labute approximate surface area is 156 Å². The number of hydrogen-bond donors (Lipinski definition) is 1. The van der Waals surface area contributed by atoms with Crippen LogP contribution in [0.5, 0.6) is 0 Å². The number of ether oxygens (including phenoxy) is 1. The first-order valence-corrected chi connectivity index (χ1v) is 8.65. The summed E-state index contributed by atoms with van der Waals surface area (Å²) in [6.45, 7) is 7.96. The van der Waals surface area contributed by atoms with E-state index < -0.39 is 23.3 Å². The number of hydrogen-bond acceptors (Lipinski definition) is 3. The third kappa shape index (κ3) is 5.17. The number of aromatic nitrogens is 2. The fourth-order valence-electron chi connectivity index (χ4n) is 2.32. The highest BCUT2D eigenvalue weighted by molar-refractivity contribution is 6.30. The van der Waals surface area contributed by atoms with Crippen molar-refractivity contribution in [3.05, 3.63) is 40.8 Å². The van der Waals surface area contributed by atoms with Gasteiger partial charge in [-0.1, -0.05) is 18.5 Å². The minimum absolute atomic E-state index is 0.0185. The number of carbonyl (C=O) groups excluding carboxylic acids is 1. The van der Waals surface area contributed by atoms with Gasteiger partial charge in [-0.2, -0.15) is 0 Å². The van der Waals surface area contributed by atoms with E-state index in [-0.39, 0.29) is 17.1 Å². The van der Waals surface area contributed by atoms with Crippen molar-refractivity contribution in [1.82, 2.24) is 14.9 Å². The maximum atomic E-state index is 14.0. The highest BCUT2D eigenvalue weighted by Gasteiger charge is 2.23. The fourth-order valence-corrected chi connectivity index (χ4v) is 2.47. The lowest BCUT2D eigenvalue weighted by atomic mass is 10.1. The minimum atomic E-state index is -0.722. The summed E-state index contributed by atoms with van der Waals surface area (Å²) in [5, 5.41) is -0.287. The number of aromatic amines is 1. The van der Waals surface area contributed by atoms with Gasteiger partial charge in [0.25, 0.3) is 0 Å². The minimum Gasteiger partial charge on any atom is -0.444 e. The highest BCUT2D eigenvalue weighted by Crippen LogP contribution is 2.26. The molecule has 2 rings (SSSR count). The molecule has 5 nitrogen and oxygen atoms in total. The summed E-state index contributed by atoms with van der Waals surface area (Å²) in [5.74, 6) is -0.946. The van der Waals surface area contributed by atoms with Crippen molar-refractivity contribution in [2.24, 2.45) is 0 Å². The summed E-state index contributed by atoms with van der Waals surface area (Å²) < 4.78 is 33.0. The van der Waals surface area contributed by atoms with Crippen LogP contribution in [0.4, 0.5) is 13.6 Å². The first-order valence-electron chi connectivity index (χ1n) is 8.27. The molecule has 0 aliphatic carbocycles. The van der Waals surface area contributed by atoms with E-state index in [1.165, 1.54) is 11.1 Å². The fraction of sp³-hybridized carbons (Fsp3) is 0.444. The van der Waals surface area contributed by atoms with Crippen LogP contribution >= 0.6 is 11.6 Å². The average molecular weight is 386 g/mol. The molecule has 26 heavy (non-hydrogen) atoms. The SMILES string of the molecule is CCCN(Cc1ncc(-c2cc(F)c(Cl)cc2F)[nH]1)C(=O)OC(C)(C)C. The zero-order valence-electron chi connectivity index (χ0n) is 15.2. The molecular weight excluding hydrogens is 364 g/mol. The molecule has 1 N–H and O–H groups in total. The second-order valence-corrected chi connectivity index (χ2v) is 7.30. The number of rotatable bonds is 5. The summed E-state index contributed by atoms with van der Waals surface area (Å²) in [7, 11) is 0. The monoisotopic (exact) mass is 385 g/mol. The van der Waals surface area contributed by atoms with Crippen LogP contribution in [0.25, 0.3) is 11.3 Å². The van der Waals surface area contributed by atoms with E-state index in [2.05, 4.69) is 9.97 Å². The molecule has 0 fully saturated rings. The lowest BCUT2D eigenvalue weighted by Gasteiger charge is -2.26. The van der Waals surface area contributed by atoms with Gasteiger partial charge in [0.1, 0.15) is 23.1 Å². The molecule has 1 aromatic carbocycles. The molecule has 0 aliphatic rings. The average Bonchev–Trinajstić information content (AvgIpc) is 2.97. The van der Waals surface area contributed by atoms with Gasteiger partial charge >= 0.3 is 6.09 Å². The molecule has 0 saturated carbocycles. The zero-order chi connectivity index (χ0) is 19.5. The molecule has 0 saturated heterocycles. The maximum absolute atomic E-state index is 14.0. The van der Waals surface area contributed by atoms with Crippen molar-refractivity contribution in [3.8, 4) is 11.3 Å². The van der Waals surface area contributed by atoms with Gasteiger partial charge in [0.2, 0.25) is 0 Å². The van der Waals surface area contributed by atoms with Crippen molar-refractivity contribution in [3.63, 3.8) is 0 Å². The van der Waals surface area contributed by atoms with E-state index >= 15 is 0 Å². The quantitative estimate of drug-likeness (QED) is 0.723. The number of amides is 1. The Kier molecular flexibility index (Phi) is 6.23. The van der Waals surface area contributed by atoms with Gasteiger partial charge in [0.15, 0.2) is 0 Å². The number of carbonyl (C=O) groups is 1. The van der Waals surface area contributed by atoms with E-state index in [0.29, 0.717) is 18.1 Å². The molecule has 1 aromatic heterocycles. The smallest absolute Gasteiger partial charge is 0.410 e. The number of benzene rings is 1. The van der Waals surface area contributed by atoms with Crippen molar-refractivity contribution >= 4 is 17.7 Å². The third-order valence-corrected chi connectivity index (χ3v) is 3.70. The molecule has 0 radical (unpaired) electrons. The summed E-state index contributed by atoms with van der Waals surface area (Å²) in [4.78, 5) is 20.9. The van der Waals surface area contributed by atoms with Crippen LogP contribution in [0.15, 0.2) is 18.3 Å². The van der Waals surface area contributed by atoms with Crippen LogP contribution in [-0.2, 0) is 11.3 Å². The number of imidazole rings is 1. The van der Waals surface area contributed by atoms with Crippen LogP contribution in [0.2, 0.25) is 5.02 Å². The third-order valence-electron chi connectivity index (χ3n) is 3.41. The summed E-state index contributed by atoms with van der Waals surface area (Å²) >= 11 is 5.57. The Morgan fingerprint density at radius 1 is 1.31 bits per heavy atom. The van der Waals surface area contributed by atoms with Crippen molar-refractivity contribution in [2.75, 3.05) is 6.54 Å². The normalized spacial score (nSPS) is 11.5. The van der Waals surface area contributed by atoms with E-state index in [1.54, 1.807) is 20.8 Å². The van der Waals surface area contributed by atoms with Gasteiger partial charge in [-0.15, -0.1) is 0 Å². The number of nitrogens with zero attached hydrogens (tertiary/aromatic N) is 2. The second-order valence-electron chi connectivity index (χ2n) is 6.89. The topological polar surface area (TPSA) is 58.2 Å². The standard InChI is InChI=1S/C18H22ClF2N3O2/c1-5-6-24(17(25)26-18(2,3)4)10-16-22-9-15(23-16)11-7-14(21)12(19)8-13(11)20/h7-9H,5-6,10H2,1-4H3,(H,22,23). The lowest BCUT2D eigenvalue weighted by Crippen LogP contribution is -2.37. The van der Waals surface area contributed by atoms with Crippen molar-refractivity contribution < 1.29 is 18.3 Å². The Balaban J connectivity index is 2.20. The van der Waals surface area contributed by atoms with Gasteiger partial charge < -0.3 is 14.6 Å². The predicted molar refractivity (Wildman–Crippen MR) is 95.9 cm³/mol.